The van der Waals surface area contributed by atoms with Gasteiger partial charge in [-0.05, 0) is 24.1 Å². The van der Waals surface area contributed by atoms with E-state index in [0.29, 0.717) is 26.1 Å². The van der Waals surface area contributed by atoms with Gasteiger partial charge in [0.15, 0.2) is 5.13 Å². The Morgan fingerprint density at radius 1 is 1.43 bits per heavy atom. The molecule has 1 aliphatic rings. The van der Waals surface area contributed by atoms with Crippen LogP contribution >= 0.6 is 11.3 Å². The van der Waals surface area contributed by atoms with Crippen molar-refractivity contribution in [1.82, 2.24) is 10.3 Å². The van der Waals surface area contributed by atoms with Crippen LogP contribution in [0.15, 0.2) is 35.8 Å². The first-order valence-corrected chi connectivity index (χ1v) is 8.36. The van der Waals surface area contributed by atoms with Gasteiger partial charge in [-0.2, -0.15) is 0 Å². The highest BCUT2D eigenvalue weighted by Gasteiger charge is 2.33. The van der Waals surface area contributed by atoms with Crippen molar-refractivity contribution in [3.63, 3.8) is 0 Å². The van der Waals surface area contributed by atoms with Crippen molar-refractivity contribution in [3.8, 4) is 0 Å². The molecular formula is C16H18FN3O2S. The largest absolute Gasteiger partial charge is 0.392 e. The summed E-state index contributed by atoms with van der Waals surface area (Å²) in [5, 5.41) is 15.7. The van der Waals surface area contributed by atoms with Crippen molar-refractivity contribution >= 4 is 22.4 Å². The van der Waals surface area contributed by atoms with Gasteiger partial charge in [0.05, 0.1) is 12.0 Å². The molecule has 0 saturated carbocycles. The first-order valence-electron chi connectivity index (χ1n) is 7.48. The van der Waals surface area contributed by atoms with Crippen molar-refractivity contribution < 1.29 is 14.3 Å². The summed E-state index contributed by atoms with van der Waals surface area (Å²) in [7, 11) is 0. The highest BCUT2D eigenvalue weighted by atomic mass is 32.1. The molecule has 3 rings (SSSR count). The molecule has 5 nitrogen and oxygen atoms in total. The average molecular weight is 335 g/mol. The van der Waals surface area contributed by atoms with E-state index in [4.69, 9.17) is 0 Å². The number of thiazole rings is 1. The van der Waals surface area contributed by atoms with Crippen molar-refractivity contribution in [2.24, 2.45) is 5.92 Å². The fourth-order valence-electron chi connectivity index (χ4n) is 2.67. The Morgan fingerprint density at radius 2 is 2.22 bits per heavy atom. The Kier molecular flexibility index (Phi) is 4.88. The molecular weight excluding hydrogens is 317 g/mol. The van der Waals surface area contributed by atoms with E-state index in [1.165, 1.54) is 23.5 Å². The number of carbonyl (C=O) groups is 1. The molecule has 2 heterocycles. The molecule has 1 amide bonds. The van der Waals surface area contributed by atoms with Crippen molar-refractivity contribution in [2.45, 2.75) is 19.1 Å². The number of benzene rings is 1. The maximum atomic E-state index is 12.9. The normalized spacial score (nSPS) is 21.2. The van der Waals surface area contributed by atoms with Crippen LogP contribution in [0.4, 0.5) is 9.52 Å². The summed E-state index contributed by atoms with van der Waals surface area (Å²) < 4.78 is 12.9. The Hall–Kier alpha value is -1.99. The second kappa shape index (κ2) is 7.06. The fraction of sp³-hybridized carbons (Fsp3) is 0.375. The third-order valence-electron chi connectivity index (χ3n) is 3.98. The van der Waals surface area contributed by atoms with E-state index in [0.717, 1.165) is 10.7 Å². The zero-order valence-electron chi connectivity index (χ0n) is 12.5. The van der Waals surface area contributed by atoms with Crippen LogP contribution in [-0.2, 0) is 11.3 Å². The van der Waals surface area contributed by atoms with Crippen LogP contribution in [0.25, 0.3) is 0 Å². The predicted molar refractivity (Wildman–Crippen MR) is 86.7 cm³/mol. The molecule has 1 aromatic heterocycles. The Labute approximate surface area is 137 Å². The standard InChI is InChI=1S/C16H18FN3O2S/c17-12-3-1-11(2-4-12)9-19-15(22)13-10-20(7-5-14(13)21)16-18-6-8-23-16/h1-4,6,8,13-14,21H,5,7,9-10H2,(H,19,22)/t13-,14+/m0/s1. The Morgan fingerprint density at radius 3 is 2.91 bits per heavy atom. The molecule has 0 unspecified atom stereocenters. The number of rotatable bonds is 4. The number of aromatic nitrogens is 1. The summed E-state index contributed by atoms with van der Waals surface area (Å²) in [6.07, 6.45) is 1.61. The molecule has 2 N–H and O–H groups in total. The molecule has 7 heteroatoms. The number of piperidine rings is 1. The number of aliphatic hydroxyl groups excluding tert-OH is 1. The van der Waals surface area contributed by atoms with Gasteiger partial charge in [0.1, 0.15) is 5.82 Å². The highest BCUT2D eigenvalue weighted by Crippen LogP contribution is 2.25. The van der Waals surface area contributed by atoms with E-state index in [-0.39, 0.29) is 11.7 Å². The van der Waals surface area contributed by atoms with Crippen molar-refractivity contribution in [3.05, 3.63) is 47.2 Å². The van der Waals surface area contributed by atoms with Gasteiger partial charge in [0.25, 0.3) is 0 Å². The van der Waals surface area contributed by atoms with Gasteiger partial charge >= 0.3 is 0 Å². The third kappa shape index (κ3) is 3.86. The fourth-order valence-corrected chi connectivity index (χ4v) is 3.35. The lowest BCUT2D eigenvalue weighted by Crippen LogP contribution is -2.50. The molecule has 2 aromatic rings. The van der Waals surface area contributed by atoms with Crippen LogP contribution < -0.4 is 10.2 Å². The maximum absolute atomic E-state index is 12.9. The van der Waals surface area contributed by atoms with Crippen LogP contribution in [0.5, 0.6) is 0 Å². The van der Waals surface area contributed by atoms with Crippen LogP contribution in [0, 0.1) is 11.7 Å². The summed E-state index contributed by atoms with van der Waals surface area (Å²) in [5.74, 6) is -0.988. The number of hydrogen-bond acceptors (Lipinski definition) is 5. The summed E-state index contributed by atoms with van der Waals surface area (Å²) in [4.78, 5) is 18.7. The number of nitrogens with one attached hydrogen (secondary N) is 1. The van der Waals surface area contributed by atoms with Gasteiger partial charge in [0, 0.05) is 31.2 Å². The predicted octanol–water partition coefficient (Wildman–Crippen LogP) is 1.79. The van der Waals surface area contributed by atoms with Crippen LogP contribution in [0.1, 0.15) is 12.0 Å². The number of carbonyl (C=O) groups excluding carboxylic acids is 1. The van der Waals surface area contributed by atoms with E-state index >= 15 is 0 Å². The van der Waals surface area contributed by atoms with Gasteiger partial charge in [0.2, 0.25) is 5.91 Å². The molecule has 1 aromatic carbocycles. The molecule has 1 fully saturated rings. The SMILES string of the molecule is O=C(NCc1ccc(F)cc1)[C@H]1CN(c2nccs2)CC[C@H]1O. The topological polar surface area (TPSA) is 65.5 Å². The van der Waals surface area contributed by atoms with Gasteiger partial charge in [-0.1, -0.05) is 12.1 Å². The minimum atomic E-state index is -0.653. The van der Waals surface area contributed by atoms with Gasteiger partial charge in [-0.15, -0.1) is 11.3 Å². The van der Waals surface area contributed by atoms with Gasteiger partial charge in [-0.3, -0.25) is 4.79 Å². The molecule has 2 atom stereocenters. The average Bonchev–Trinajstić information content (AvgIpc) is 3.09. The quantitative estimate of drug-likeness (QED) is 0.894. The molecule has 0 radical (unpaired) electrons. The molecule has 122 valence electrons. The molecule has 1 saturated heterocycles. The number of nitrogens with zero attached hydrogens (tertiary/aromatic N) is 2. The second-order valence-corrected chi connectivity index (χ2v) is 6.44. The minimum Gasteiger partial charge on any atom is -0.392 e. The van der Waals surface area contributed by atoms with E-state index in [1.807, 2.05) is 10.3 Å². The molecule has 0 spiro atoms. The van der Waals surface area contributed by atoms with Gasteiger partial charge in [-0.25, -0.2) is 9.37 Å². The summed E-state index contributed by atoms with van der Waals surface area (Å²) in [6.45, 7) is 1.46. The van der Waals surface area contributed by atoms with Crippen molar-refractivity contribution in [1.29, 1.82) is 0 Å². The molecule has 23 heavy (non-hydrogen) atoms. The molecule has 1 aliphatic heterocycles. The van der Waals surface area contributed by atoms with E-state index in [2.05, 4.69) is 10.3 Å². The van der Waals surface area contributed by atoms with Gasteiger partial charge < -0.3 is 15.3 Å². The minimum absolute atomic E-state index is 0.192. The first-order chi connectivity index (χ1) is 11.1. The first kappa shape index (κ1) is 15.9. The highest BCUT2D eigenvalue weighted by molar-refractivity contribution is 7.13. The summed E-state index contributed by atoms with van der Waals surface area (Å²) in [6, 6.07) is 5.99. The Bertz CT molecular complexity index is 648. The zero-order valence-corrected chi connectivity index (χ0v) is 13.3. The van der Waals surface area contributed by atoms with E-state index < -0.39 is 12.0 Å². The smallest absolute Gasteiger partial charge is 0.227 e. The third-order valence-corrected chi connectivity index (χ3v) is 4.82. The second-order valence-electron chi connectivity index (χ2n) is 5.57. The number of anilines is 1. The number of halogens is 1. The molecule has 0 aliphatic carbocycles. The lowest BCUT2D eigenvalue weighted by atomic mass is 9.94. The Balaban J connectivity index is 1.59. The van der Waals surface area contributed by atoms with Crippen LogP contribution in [0.2, 0.25) is 0 Å². The number of hydrogen-bond donors (Lipinski definition) is 2. The zero-order chi connectivity index (χ0) is 16.2. The van der Waals surface area contributed by atoms with E-state index in [1.54, 1.807) is 18.3 Å². The maximum Gasteiger partial charge on any atom is 0.227 e. The lowest BCUT2D eigenvalue weighted by molar-refractivity contribution is -0.129. The number of aliphatic hydroxyl groups is 1. The van der Waals surface area contributed by atoms with Crippen LogP contribution in [0.3, 0.4) is 0 Å². The summed E-state index contributed by atoms with van der Waals surface area (Å²) in [5.41, 5.74) is 0.821. The summed E-state index contributed by atoms with van der Waals surface area (Å²) >= 11 is 1.52. The van der Waals surface area contributed by atoms with E-state index in [9.17, 15) is 14.3 Å². The number of amides is 1. The lowest BCUT2D eigenvalue weighted by Gasteiger charge is -2.35. The van der Waals surface area contributed by atoms with Crippen LogP contribution in [-0.4, -0.2) is 35.2 Å². The molecule has 0 bridgehead atoms. The monoisotopic (exact) mass is 335 g/mol. The van der Waals surface area contributed by atoms with Crippen molar-refractivity contribution in [2.75, 3.05) is 18.0 Å².